The fraction of sp³-hybridized carbons (Fsp3) is 0.0833. The molecule has 1 aromatic heterocycles. The number of nitrogens with one attached hydrogen (secondary N) is 2. The molecule has 2 rings (SSSR count). The van der Waals surface area contributed by atoms with Crippen LogP contribution < -0.4 is 10.1 Å². The average Bonchev–Trinajstić information content (AvgIpc) is 3.02. The van der Waals surface area contributed by atoms with Gasteiger partial charge in [0, 0.05) is 6.20 Å². The molecule has 0 saturated carbocycles. The van der Waals surface area contributed by atoms with E-state index in [1.54, 1.807) is 6.07 Å². The van der Waals surface area contributed by atoms with Crippen molar-refractivity contribution in [3.63, 3.8) is 0 Å². The minimum absolute atomic E-state index is 0.0102. The Kier molecular flexibility index (Phi) is 4.11. The van der Waals surface area contributed by atoms with Crippen LogP contribution in [-0.4, -0.2) is 38.8 Å². The second kappa shape index (κ2) is 6.16. The third-order valence-electron chi connectivity index (χ3n) is 2.54. The van der Waals surface area contributed by atoms with E-state index in [2.05, 4.69) is 25.9 Å². The maximum absolute atomic E-state index is 11.2. The van der Waals surface area contributed by atoms with Gasteiger partial charge in [-0.2, -0.15) is 10.5 Å². The van der Waals surface area contributed by atoms with Crippen LogP contribution in [0.25, 0.3) is 5.57 Å². The normalized spacial score (nSPS) is 10.8. The largest absolute Gasteiger partial charge is 0.497 e. The van der Waals surface area contributed by atoms with Crippen LogP contribution in [0.1, 0.15) is 16.2 Å². The predicted octanol–water partition coefficient (Wildman–Crippen LogP) is 0.883. The Morgan fingerprint density at radius 1 is 1.57 bits per heavy atom. The fourth-order valence-corrected chi connectivity index (χ4v) is 1.53. The van der Waals surface area contributed by atoms with Crippen LogP contribution in [0, 0.1) is 11.3 Å². The Morgan fingerprint density at radius 3 is 2.95 bits per heavy atom. The molecule has 0 amide bonds. The number of H-pyrrole nitrogens is 1. The van der Waals surface area contributed by atoms with Gasteiger partial charge in [0.15, 0.2) is 0 Å². The maximum Gasteiger partial charge on any atom is 0.337 e. The summed E-state index contributed by atoms with van der Waals surface area (Å²) in [5.41, 5.74) is 0.423. The lowest BCUT2D eigenvalue weighted by molar-refractivity contribution is 0.0697. The summed E-state index contributed by atoms with van der Waals surface area (Å²) in [5, 5.41) is 33.8. The molecule has 21 heavy (non-hydrogen) atoms. The van der Waals surface area contributed by atoms with Crippen LogP contribution in [0.15, 0.2) is 24.4 Å². The highest BCUT2D eigenvalue weighted by Gasteiger charge is 2.12. The van der Waals surface area contributed by atoms with E-state index in [0.29, 0.717) is 11.4 Å². The summed E-state index contributed by atoms with van der Waals surface area (Å²) in [6.45, 7) is 0. The molecule has 0 bridgehead atoms. The molecule has 0 aliphatic rings. The monoisotopic (exact) mass is 286 g/mol. The van der Waals surface area contributed by atoms with E-state index in [0.717, 1.165) is 0 Å². The number of aromatic carboxylic acids is 1. The summed E-state index contributed by atoms with van der Waals surface area (Å²) >= 11 is 0. The van der Waals surface area contributed by atoms with Crippen molar-refractivity contribution in [2.45, 2.75) is 0 Å². The first-order valence-corrected chi connectivity index (χ1v) is 5.67. The van der Waals surface area contributed by atoms with E-state index in [1.807, 2.05) is 6.07 Å². The number of anilines is 1. The number of hydrogen-bond acceptors (Lipinski definition) is 7. The van der Waals surface area contributed by atoms with Crippen molar-refractivity contribution < 1.29 is 14.6 Å². The number of carboxylic acids is 1. The van der Waals surface area contributed by atoms with Gasteiger partial charge in [-0.15, -0.1) is 10.2 Å². The van der Waals surface area contributed by atoms with Crippen molar-refractivity contribution in [3.8, 4) is 11.8 Å². The van der Waals surface area contributed by atoms with Gasteiger partial charge in [-0.25, -0.2) is 4.79 Å². The molecular formula is C12H10N6O3. The third-order valence-corrected chi connectivity index (χ3v) is 2.54. The molecular weight excluding hydrogens is 276 g/mol. The topological polar surface area (TPSA) is 137 Å². The Bertz CT molecular complexity index is 717. The van der Waals surface area contributed by atoms with Crippen molar-refractivity contribution in [1.82, 2.24) is 20.6 Å². The number of aromatic amines is 1. The SMILES string of the molecule is COc1ccc(NC=C(C#N)c2nn[nH]n2)c(C(=O)O)c1. The average molecular weight is 286 g/mol. The summed E-state index contributed by atoms with van der Waals surface area (Å²) in [6.07, 6.45) is 1.30. The van der Waals surface area contributed by atoms with Gasteiger partial charge in [0.1, 0.15) is 17.4 Å². The Labute approximate surface area is 118 Å². The summed E-state index contributed by atoms with van der Waals surface area (Å²) in [5.74, 6) is -0.598. The van der Waals surface area contributed by atoms with E-state index in [9.17, 15) is 9.90 Å². The number of rotatable bonds is 5. The zero-order chi connectivity index (χ0) is 15.2. The van der Waals surface area contributed by atoms with Crippen molar-refractivity contribution in [3.05, 3.63) is 35.8 Å². The predicted molar refractivity (Wildman–Crippen MR) is 71.3 cm³/mol. The molecule has 0 aliphatic carbocycles. The van der Waals surface area contributed by atoms with Crippen molar-refractivity contribution in [2.24, 2.45) is 0 Å². The number of carbonyl (C=O) groups is 1. The Hall–Kier alpha value is -3.41. The highest BCUT2D eigenvalue weighted by Crippen LogP contribution is 2.22. The number of methoxy groups -OCH3 is 1. The second-order valence-electron chi connectivity index (χ2n) is 3.77. The molecule has 0 atom stereocenters. The fourth-order valence-electron chi connectivity index (χ4n) is 1.53. The van der Waals surface area contributed by atoms with Gasteiger partial charge in [-0.1, -0.05) is 0 Å². The van der Waals surface area contributed by atoms with Crippen LogP contribution in [-0.2, 0) is 0 Å². The molecule has 9 heteroatoms. The molecule has 0 aliphatic heterocycles. The van der Waals surface area contributed by atoms with Gasteiger partial charge >= 0.3 is 5.97 Å². The standard InChI is InChI=1S/C12H10N6O3/c1-21-8-2-3-10(9(4-8)12(19)20)14-6-7(5-13)11-15-17-18-16-11/h2-4,6,14H,1H3,(H,19,20)(H,15,16,17,18). The van der Waals surface area contributed by atoms with Gasteiger partial charge in [0.25, 0.3) is 0 Å². The molecule has 0 spiro atoms. The third kappa shape index (κ3) is 3.13. The van der Waals surface area contributed by atoms with Crippen LogP contribution in [0.3, 0.4) is 0 Å². The minimum Gasteiger partial charge on any atom is -0.497 e. The lowest BCUT2D eigenvalue weighted by atomic mass is 10.1. The van der Waals surface area contributed by atoms with Crippen LogP contribution >= 0.6 is 0 Å². The van der Waals surface area contributed by atoms with E-state index in [1.165, 1.54) is 25.4 Å². The highest BCUT2D eigenvalue weighted by molar-refractivity contribution is 5.95. The molecule has 0 radical (unpaired) electrons. The lowest BCUT2D eigenvalue weighted by Crippen LogP contribution is -2.03. The van der Waals surface area contributed by atoms with Gasteiger partial charge in [0.05, 0.1) is 18.4 Å². The van der Waals surface area contributed by atoms with Crippen LogP contribution in [0.4, 0.5) is 5.69 Å². The molecule has 1 heterocycles. The van der Waals surface area contributed by atoms with E-state index in [4.69, 9.17) is 10.00 Å². The molecule has 2 aromatic rings. The van der Waals surface area contributed by atoms with E-state index >= 15 is 0 Å². The first-order chi connectivity index (χ1) is 10.2. The first kappa shape index (κ1) is 14.0. The van der Waals surface area contributed by atoms with E-state index < -0.39 is 5.97 Å². The second-order valence-corrected chi connectivity index (χ2v) is 3.77. The minimum atomic E-state index is -1.12. The summed E-state index contributed by atoms with van der Waals surface area (Å²) < 4.78 is 4.97. The number of benzene rings is 1. The number of aromatic nitrogens is 4. The first-order valence-electron chi connectivity index (χ1n) is 5.67. The zero-order valence-electron chi connectivity index (χ0n) is 10.9. The summed E-state index contributed by atoms with van der Waals surface area (Å²) in [7, 11) is 1.44. The Morgan fingerprint density at radius 2 is 2.38 bits per heavy atom. The molecule has 106 valence electrons. The maximum atomic E-state index is 11.2. The van der Waals surface area contributed by atoms with Crippen molar-refractivity contribution >= 4 is 17.2 Å². The highest BCUT2D eigenvalue weighted by atomic mass is 16.5. The molecule has 3 N–H and O–H groups in total. The van der Waals surface area contributed by atoms with Crippen molar-refractivity contribution in [2.75, 3.05) is 12.4 Å². The number of allylic oxidation sites excluding steroid dienone is 1. The van der Waals surface area contributed by atoms with Gasteiger partial charge in [-0.3, -0.25) is 0 Å². The van der Waals surface area contributed by atoms with Crippen LogP contribution in [0.2, 0.25) is 0 Å². The quantitative estimate of drug-likeness (QED) is 0.689. The summed E-state index contributed by atoms with van der Waals surface area (Å²) in [6, 6.07) is 6.39. The lowest BCUT2D eigenvalue weighted by Gasteiger charge is -2.08. The van der Waals surface area contributed by atoms with Gasteiger partial charge < -0.3 is 15.2 Å². The summed E-state index contributed by atoms with van der Waals surface area (Å²) in [4.78, 5) is 11.2. The van der Waals surface area contributed by atoms with Gasteiger partial charge in [-0.05, 0) is 23.4 Å². The molecule has 1 aromatic carbocycles. The number of ether oxygens (including phenoxy) is 1. The molecule has 0 saturated heterocycles. The number of nitrogens with zero attached hydrogens (tertiary/aromatic N) is 4. The molecule has 9 nitrogen and oxygen atoms in total. The van der Waals surface area contributed by atoms with Gasteiger partial charge in [0.2, 0.25) is 5.82 Å². The smallest absolute Gasteiger partial charge is 0.337 e. The van der Waals surface area contributed by atoms with Crippen LogP contribution in [0.5, 0.6) is 5.75 Å². The number of hydrogen-bond donors (Lipinski definition) is 3. The molecule has 0 fully saturated rings. The number of carboxylic acid groups (broad SMARTS) is 1. The number of tetrazole rings is 1. The number of nitriles is 1. The van der Waals surface area contributed by atoms with E-state index in [-0.39, 0.29) is 17.0 Å². The Balaban J connectivity index is 2.31. The molecule has 0 unspecified atom stereocenters. The zero-order valence-corrected chi connectivity index (χ0v) is 10.9. The van der Waals surface area contributed by atoms with Crippen molar-refractivity contribution in [1.29, 1.82) is 5.26 Å².